The number of ether oxygens (including phenoxy) is 1. The van der Waals surface area contributed by atoms with Crippen molar-refractivity contribution in [2.45, 2.75) is 58.4 Å². The van der Waals surface area contributed by atoms with Gasteiger partial charge in [0, 0.05) is 19.0 Å². The molecule has 1 heterocycles. The summed E-state index contributed by atoms with van der Waals surface area (Å²) in [4.78, 5) is 39.1. The third kappa shape index (κ3) is 4.56. The van der Waals surface area contributed by atoms with Crippen molar-refractivity contribution in [3.05, 3.63) is 70.3 Å². The van der Waals surface area contributed by atoms with Gasteiger partial charge in [-0.2, -0.15) is 0 Å². The number of ketones is 1. The summed E-state index contributed by atoms with van der Waals surface area (Å²) in [6.45, 7) is 3.72. The molecule has 6 nitrogen and oxygen atoms in total. The first kappa shape index (κ1) is 22.8. The van der Waals surface area contributed by atoms with Crippen molar-refractivity contribution in [1.29, 1.82) is 0 Å². The van der Waals surface area contributed by atoms with E-state index >= 15 is 0 Å². The van der Waals surface area contributed by atoms with Crippen LogP contribution in [0.2, 0.25) is 0 Å². The van der Waals surface area contributed by atoms with Gasteiger partial charge in [0.2, 0.25) is 0 Å². The number of carbonyl (C=O) groups is 3. The summed E-state index contributed by atoms with van der Waals surface area (Å²) in [6, 6.07) is 11.8. The quantitative estimate of drug-likeness (QED) is 0.228. The van der Waals surface area contributed by atoms with Crippen molar-refractivity contribution >= 4 is 23.4 Å². The smallest absolute Gasteiger partial charge is 0.308 e. The lowest BCUT2D eigenvalue weighted by molar-refractivity contribution is -0.139. The van der Waals surface area contributed by atoms with Crippen LogP contribution < -0.4 is 4.74 Å². The number of nitrogens with zero attached hydrogens (tertiary/aromatic N) is 1. The Morgan fingerprint density at radius 1 is 1.09 bits per heavy atom. The average molecular weight is 448 g/mol. The average Bonchev–Trinajstić information content (AvgIpc) is 3.06. The zero-order valence-electron chi connectivity index (χ0n) is 19.1. The van der Waals surface area contributed by atoms with Crippen molar-refractivity contribution < 1.29 is 24.2 Å². The molecule has 1 aliphatic heterocycles. The topological polar surface area (TPSA) is 83.9 Å². The molecule has 6 heteroatoms. The fraction of sp³-hybridized carbons (Fsp3) is 0.370. The highest BCUT2D eigenvalue weighted by molar-refractivity contribution is 6.46. The molecule has 2 aliphatic rings. The Hall–Kier alpha value is -3.41. The number of rotatable bonds is 6. The number of hydrogen-bond donors (Lipinski definition) is 1. The Balaban J connectivity index is 1.83. The van der Waals surface area contributed by atoms with Gasteiger partial charge < -0.3 is 14.7 Å². The van der Waals surface area contributed by atoms with Gasteiger partial charge in [-0.25, -0.2) is 0 Å². The van der Waals surface area contributed by atoms with Gasteiger partial charge in [-0.15, -0.1) is 0 Å². The molecule has 0 spiro atoms. The number of unbranched alkanes of at least 4 members (excludes halogenated alkanes) is 1. The minimum atomic E-state index is -0.747. The minimum Gasteiger partial charge on any atom is -0.507 e. The summed E-state index contributed by atoms with van der Waals surface area (Å²) < 4.78 is 5.22. The van der Waals surface area contributed by atoms with Crippen molar-refractivity contribution in [3.63, 3.8) is 0 Å². The number of aryl methyl sites for hydroxylation is 2. The van der Waals surface area contributed by atoms with Crippen LogP contribution in [-0.4, -0.2) is 34.2 Å². The number of fused-ring (bicyclic) bond motifs is 1. The highest BCUT2D eigenvalue weighted by atomic mass is 16.5. The van der Waals surface area contributed by atoms with Gasteiger partial charge in [0.15, 0.2) is 0 Å². The van der Waals surface area contributed by atoms with Gasteiger partial charge >= 0.3 is 5.97 Å². The monoisotopic (exact) mass is 447 g/mol. The van der Waals surface area contributed by atoms with Crippen LogP contribution in [0.3, 0.4) is 0 Å². The van der Waals surface area contributed by atoms with Crippen LogP contribution >= 0.6 is 0 Å². The Bertz CT molecular complexity index is 1130. The molecule has 1 saturated heterocycles. The number of Topliss-reactive ketones (excluding diaryl/α,β-unsaturated/α-hetero) is 1. The van der Waals surface area contributed by atoms with Gasteiger partial charge in [-0.3, -0.25) is 14.4 Å². The number of hydrogen-bond acceptors (Lipinski definition) is 5. The number of esters is 1. The molecule has 0 aromatic heterocycles. The summed E-state index contributed by atoms with van der Waals surface area (Å²) in [6.07, 6.45) is 5.79. The summed E-state index contributed by atoms with van der Waals surface area (Å²) in [7, 11) is 0. The highest BCUT2D eigenvalue weighted by Gasteiger charge is 2.45. The molecule has 2 aromatic rings. The first-order valence-electron chi connectivity index (χ1n) is 11.6. The third-order valence-electron chi connectivity index (χ3n) is 6.35. The predicted molar refractivity (Wildman–Crippen MR) is 125 cm³/mol. The number of benzene rings is 2. The second-order valence-electron chi connectivity index (χ2n) is 8.70. The van der Waals surface area contributed by atoms with Crippen molar-refractivity contribution in [2.75, 3.05) is 6.54 Å². The lowest BCUT2D eigenvalue weighted by Gasteiger charge is -2.25. The van der Waals surface area contributed by atoms with Crippen molar-refractivity contribution in [3.8, 4) is 5.75 Å². The highest BCUT2D eigenvalue weighted by Crippen LogP contribution is 2.40. The first-order valence-corrected chi connectivity index (χ1v) is 11.6. The Labute approximate surface area is 193 Å². The molecule has 4 rings (SSSR count). The SMILES string of the molecule is CCCCN1C(=O)C(=O)/C(=C(\O)c2ccc3c(c2)CCCC3)C1c1cccc(OC(C)=O)c1. The molecular formula is C27H29NO5. The van der Waals surface area contributed by atoms with Gasteiger partial charge in [-0.1, -0.05) is 37.6 Å². The minimum absolute atomic E-state index is 0.0758. The fourth-order valence-electron chi connectivity index (χ4n) is 4.74. The van der Waals surface area contributed by atoms with E-state index in [0.29, 0.717) is 23.4 Å². The Morgan fingerprint density at radius 2 is 1.85 bits per heavy atom. The largest absolute Gasteiger partial charge is 0.507 e. The van der Waals surface area contributed by atoms with E-state index in [0.717, 1.165) is 38.5 Å². The summed E-state index contributed by atoms with van der Waals surface area (Å²) >= 11 is 0. The van der Waals surface area contributed by atoms with Crippen LogP contribution in [0.4, 0.5) is 0 Å². The second-order valence-corrected chi connectivity index (χ2v) is 8.70. The van der Waals surface area contributed by atoms with Crippen LogP contribution in [0.1, 0.15) is 67.8 Å². The Kier molecular flexibility index (Phi) is 6.63. The second kappa shape index (κ2) is 9.61. The molecule has 33 heavy (non-hydrogen) atoms. The molecule has 2 aromatic carbocycles. The molecule has 1 amide bonds. The molecule has 1 N–H and O–H groups in total. The summed E-state index contributed by atoms with van der Waals surface area (Å²) in [5.41, 5.74) is 3.69. The molecule has 1 atom stereocenters. The van der Waals surface area contributed by atoms with Gasteiger partial charge in [0.05, 0.1) is 11.6 Å². The molecule has 1 unspecified atom stereocenters. The van der Waals surface area contributed by atoms with Crippen LogP contribution in [-0.2, 0) is 27.2 Å². The van der Waals surface area contributed by atoms with Gasteiger partial charge in [0.25, 0.3) is 11.7 Å². The maximum atomic E-state index is 13.1. The molecule has 0 bridgehead atoms. The fourth-order valence-corrected chi connectivity index (χ4v) is 4.74. The van der Waals surface area contributed by atoms with Crippen LogP contribution in [0, 0.1) is 0 Å². The number of carbonyl (C=O) groups excluding carboxylic acids is 3. The molecule has 172 valence electrons. The van der Waals surface area contributed by atoms with Crippen molar-refractivity contribution in [1.82, 2.24) is 4.90 Å². The van der Waals surface area contributed by atoms with Gasteiger partial charge in [-0.05, 0) is 67.0 Å². The summed E-state index contributed by atoms with van der Waals surface area (Å²) in [5, 5.41) is 11.3. The molecular weight excluding hydrogens is 418 g/mol. The molecule has 1 fully saturated rings. The van der Waals surface area contributed by atoms with Crippen LogP contribution in [0.15, 0.2) is 48.0 Å². The zero-order chi connectivity index (χ0) is 23.5. The lowest BCUT2D eigenvalue weighted by Crippen LogP contribution is -2.30. The lowest BCUT2D eigenvalue weighted by atomic mass is 9.88. The molecule has 0 saturated carbocycles. The van der Waals surface area contributed by atoms with E-state index < -0.39 is 23.7 Å². The standard InChI is InChI=1S/C27H29NO5/c1-3-4-14-28-24(20-10-7-11-22(16-20)33-17(2)29)23(26(31)27(28)32)25(30)21-13-12-18-8-5-6-9-19(18)15-21/h7,10-13,15-16,24,30H,3-6,8-9,14H2,1-2H3/b25-23-. The van der Waals surface area contributed by atoms with Crippen LogP contribution in [0.25, 0.3) is 5.76 Å². The predicted octanol–water partition coefficient (Wildman–Crippen LogP) is 4.71. The number of likely N-dealkylation sites (tertiary alicyclic amines) is 1. The zero-order valence-corrected chi connectivity index (χ0v) is 19.1. The maximum Gasteiger partial charge on any atom is 0.308 e. The van der Waals surface area contributed by atoms with E-state index in [1.807, 2.05) is 25.1 Å². The number of amides is 1. The normalized spacial score (nSPS) is 19.5. The van der Waals surface area contributed by atoms with E-state index in [-0.39, 0.29) is 11.3 Å². The van der Waals surface area contributed by atoms with E-state index in [1.165, 1.54) is 23.0 Å². The van der Waals surface area contributed by atoms with Crippen molar-refractivity contribution in [2.24, 2.45) is 0 Å². The Morgan fingerprint density at radius 3 is 2.58 bits per heavy atom. The van der Waals surface area contributed by atoms with Gasteiger partial charge in [0.1, 0.15) is 11.5 Å². The molecule has 1 aliphatic carbocycles. The van der Waals surface area contributed by atoms with E-state index in [4.69, 9.17) is 4.74 Å². The van der Waals surface area contributed by atoms with Crippen LogP contribution in [0.5, 0.6) is 5.75 Å². The van der Waals surface area contributed by atoms with E-state index in [2.05, 4.69) is 0 Å². The third-order valence-corrected chi connectivity index (χ3v) is 6.35. The number of aliphatic hydroxyl groups is 1. The van der Waals surface area contributed by atoms with E-state index in [1.54, 1.807) is 24.3 Å². The summed E-state index contributed by atoms with van der Waals surface area (Å²) in [5.74, 6) is -1.60. The molecule has 0 radical (unpaired) electrons. The maximum absolute atomic E-state index is 13.1. The first-order chi connectivity index (χ1) is 15.9. The van der Waals surface area contributed by atoms with E-state index in [9.17, 15) is 19.5 Å². The number of aliphatic hydroxyl groups excluding tert-OH is 1.